The molecule has 27 heavy (non-hydrogen) atoms. The van der Waals surface area contributed by atoms with Gasteiger partial charge in [0, 0.05) is 6.54 Å². The van der Waals surface area contributed by atoms with Crippen molar-refractivity contribution in [3.63, 3.8) is 0 Å². The predicted molar refractivity (Wildman–Crippen MR) is 101 cm³/mol. The minimum atomic E-state index is -4.16. The Kier molecular flexibility index (Phi) is 16.1. The maximum atomic E-state index is 12.6. The second kappa shape index (κ2) is 13.8. The average Bonchev–Trinajstić information content (AvgIpc) is 2.49. The van der Waals surface area contributed by atoms with Crippen LogP contribution in [0.15, 0.2) is 0 Å². The van der Waals surface area contributed by atoms with Gasteiger partial charge in [0.2, 0.25) is 0 Å². The highest BCUT2D eigenvalue weighted by Crippen LogP contribution is 2.34. The van der Waals surface area contributed by atoms with Crippen LogP contribution in [0.2, 0.25) is 6.32 Å². The van der Waals surface area contributed by atoms with Crippen LogP contribution in [0, 0.1) is 5.92 Å². The fourth-order valence-electron chi connectivity index (χ4n) is 2.95. The number of carboxylic acids is 1. The molecule has 1 heterocycles. The summed E-state index contributed by atoms with van der Waals surface area (Å²) in [5.41, 5.74) is 4.50. The molecular formula is C14H30BCl2F3N2O5. The van der Waals surface area contributed by atoms with E-state index in [0.717, 1.165) is 0 Å². The predicted octanol–water partition coefficient (Wildman–Crippen LogP) is 1.09. The monoisotopic (exact) mass is 444 g/mol. The van der Waals surface area contributed by atoms with Gasteiger partial charge in [0.1, 0.15) is 5.54 Å². The van der Waals surface area contributed by atoms with Crippen LogP contribution in [0.3, 0.4) is 0 Å². The quantitative estimate of drug-likeness (QED) is 0.310. The fourth-order valence-corrected chi connectivity index (χ4v) is 2.95. The summed E-state index contributed by atoms with van der Waals surface area (Å²) in [4.78, 5) is 13.2. The summed E-state index contributed by atoms with van der Waals surface area (Å²) in [5.74, 6) is -2.42. The standard InChI is InChI=1S/C14H26BF3N2O4.2ClH.H2O/c16-14(17,18)11-3-8-20(9-4-11)10-6-13(19,12(21)22)5-1-2-7-15(23)24;;;/h11,23-24H,1-10,19H2,(H,21,22);2*1H;1H2. The lowest BCUT2D eigenvalue weighted by molar-refractivity contribution is -0.185. The summed E-state index contributed by atoms with van der Waals surface area (Å²) in [6.07, 6.45) is -2.72. The zero-order valence-electron chi connectivity index (χ0n) is 15.0. The molecule has 1 atom stereocenters. The van der Waals surface area contributed by atoms with Gasteiger partial charge in [-0.2, -0.15) is 13.2 Å². The molecule has 0 amide bonds. The molecule has 0 bridgehead atoms. The van der Waals surface area contributed by atoms with E-state index in [0.29, 0.717) is 19.4 Å². The van der Waals surface area contributed by atoms with E-state index in [1.807, 2.05) is 4.90 Å². The molecule has 7 N–H and O–H groups in total. The van der Waals surface area contributed by atoms with Gasteiger partial charge in [0.05, 0.1) is 5.92 Å². The first-order valence-electron chi connectivity index (χ1n) is 8.22. The van der Waals surface area contributed by atoms with Crippen LogP contribution in [-0.4, -0.2) is 70.0 Å². The second-order valence-corrected chi connectivity index (χ2v) is 6.60. The van der Waals surface area contributed by atoms with Gasteiger partial charge in [-0.15, -0.1) is 24.8 Å². The first kappa shape index (κ1) is 31.4. The Morgan fingerprint density at radius 1 is 1.11 bits per heavy atom. The van der Waals surface area contributed by atoms with Gasteiger partial charge < -0.3 is 31.3 Å². The Hall–Kier alpha value is -0.295. The van der Waals surface area contributed by atoms with Crippen molar-refractivity contribution in [1.29, 1.82) is 0 Å². The zero-order valence-corrected chi connectivity index (χ0v) is 16.6. The van der Waals surface area contributed by atoms with Gasteiger partial charge in [-0.1, -0.05) is 12.8 Å². The van der Waals surface area contributed by atoms with Crippen molar-refractivity contribution in [3.05, 3.63) is 0 Å². The van der Waals surface area contributed by atoms with E-state index in [-0.39, 0.29) is 75.4 Å². The van der Waals surface area contributed by atoms with E-state index in [4.69, 9.17) is 15.8 Å². The summed E-state index contributed by atoms with van der Waals surface area (Å²) >= 11 is 0. The summed E-state index contributed by atoms with van der Waals surface area (Å²) in [6, 6.07) is 0. The van der Waals surface area contributed by atoms with Crippen LogP contribution in [-0.2, 0) is 4.79 Å². The zero-order chi connectivity index (χ0) is 18.4. The van der Waals surface area contributed by atoms with Crippen molar-refractivity contribution >= 4 is 37.9 Å². The highest BCUT2D eigenvalue weighted by atomic mass is 35.5. The molecule has 0 saturated carbocycles. The number of carbonyl (C=O) groups is 1. The summed E-state index contributed by atoms with van der Waals surface area (Å²) < 4.78 is 37.9. The number of nitrogens with two attached hydrogens (primary N) is 1. The minimum absolute atomic E-state index is 0. The molecular weight excluding hydrogens is 415 g/mol. The van der Waals surface area contributed by atoms with Crippen molar-refractivity contribution in [3.8, 4) is 0 Å². The van der Waals surface area contributed by atoms with E-state index in [1.165, 1.54) is 0 Å². The maximum absolute atomic E-state index is 12.6. The van der Waals surface area contributed by atoms with Crippen molar-refractivity contribution < 1.29 is 38.6 Å². The number of carboxylic acid groups (broad SMARTS) is 1. The number of hydrogen-bond donors (Lipinski definition) is 4. The second-order valence-electron chi connectivity index (χ2n) is 6.60. The minimum Gasteiger partial charge on any atom is -0.480 e. The van der Waals surface area contributed by atoms with Crippen LogP contribution in [0.5, 0.6) is 0 Å². The van der Waals surface area contributed by atoms with Crippen molar-refractivity contribution in [2.45, 2.75) is 56.6 Å². The average molecular weight is 445 g/mol. The molecule has 0 aromatic heterocycles. The molecule has 0 spiro atoms. The first-order chi connectivity index (χ1) is 11.0. The fraction of sp³-hybridized carbons (Fsp3) is 0.929. The van der Waals surface area contributed by atoms with Gasteiger partial charge in [-0.3, -0.25) is 4.79 Å². The molecule has 1 rings (SSSR count). The lowest BCUT2D eigenvalue weighted by atomic mass is 9.81. The van der Waals surface area contributed by atoms with Crippen molar-refractivity contribution in [1.82, 2.24) is 4.90 Å². The van der Waals surface area contributed by atoms with E-state index < -0.39 is 30.7 Å². The number of unbranched alkanes of at least 4 members (excludes halogenated alkanes) is 1. The molecule has 1 fully saturated rings. The van der Waals surface area contributed by atoms with E-state index in [1.54, 1.807) is 0 Å². The molecule has 0 radical (unpaired) electrons. The first-order valence-corrected chi connectivity index (χ1v) is 8.22. The number of aliphatic carboxylic acids is 1. The van der Waals surface area contributed by atoms with E-state index in [9.17, 15) is 23.1 Å². The molecule has 0 aliphatic carbocycles. The summed E-state index contributed by atoms with van der Waals surface area (Å²) in [5, 5.41) is 26.9. The summed E-state index contributed by atoms with van der Waals surface area (Å²) in [7, 11) is -1.42. The van der Waals surface area contributed by atoms with Crippen LogP contribution < -0.4 is 5.73 Å². The molecule has 1 aliphatic heterocycles. The molecule has 164 valence electrons. The van der Waals surface area contributed by atoms with Gasteiger partial charge in [-0.05, 0) is 45.1 Å². The van der Waals surface area contributed by atoms with Crippen LogP contribution >= 0.6 is 24.8 Å². The lowest BCUT2D eigenvalue weighted by Gasteiger charge is -2.35. The SMILES string of the molecule is Cl.Cl.NC(CCCCB(O)O)(CCN1CCC(C(F)(F)F)CC1)C(=O)O.O. The third-order valence-electron chi connectivity index (χ3n) is 4.69. The van der Waals surface area contributed by atoms with Crippen LogP contribution in [0.25, 0.3) is 0 Å². The number of piperidine rings is 1. The Balaban J connectivity index is -0.00000192. The topological polar surface area (TPSA) is 139 Å². The molecule has 1 aliphatic rings. The number of alkyl halides is 3. The molecule has 13 heteroatoms. The van der Waals surface area contributed by atoms with Gasteiger partial charge in [-0.25, -0.2) is 0 Å². The molecule has 0 aromatic carbocycles. The summed E-state index contributed by atoms with van der Waals surface area (Å²) in [6.45, 7) is 0.920. The normalized spacial score (nSPS) is 17.7. The Bertz CT molecular complexity index is 417. The van der Waals surface area contributed by atoms with Crippen LogP contribution in [0.4, 0.5) is 13.2 Å². The molecule has 7 nitrogen and oxygen atoms in total. The Morgan fingerprint density at radius 2 is 1.63 bits per heavy atom. The third kappa shape index (κ3) is 11.3. The highest BCUT2D eigenvalue weighted by Gasteiger charge is 2.41. The number of likely N-dealkylation sites (tertiary alicyclic amines) is 1. The van der Waals surface area contributed by atoms with E-state index in [2.05, 4.69) is 0 Å². The maximum Gasteiger partial charge on any atom is 0.451 e. The molecule has 0 aromatic rings. The molecule has 1 saturated heterocycles. The number of rotatable bonds is 9. The lowest BCUT2D eigenvalue weighted by Crippen LogP contribution is -2.51. The number of hydrogen-bond acceptors (Lipinski definition) is 5. The third-order valence-corrected chi connectivity index (χ3v) is 4.69. The van der Waals surface area contributed by atoms with Gasteiger partial charge in [0.25, 0.3) is 0 Å². The number of halogens is 5. The molecule has 1 unspecified atom stereocenters. The smallest absolute Gasteiger partial charge is 0.451 e. The Morgan fingerprint density at radius 3 is 2.04 bits per heavy atom. The van der Waals surface area contributed by atoms with E-state index >= 15 is 0 Å². The largest absolute Gasteiger partial charge is 0.480 e. The van der Waals surface area contributed by atoms with Crippen molar-refractivity contribution in [2.24, 2.45) is 11.7 Å². The van der Waals surface area contributed by atoms with Gasteiger partial charge >= 0.3 is 19.3 Å². The highest BCUT2D eigenvalue weighted by molar-refractivity contribution is 6.40. The van der Waals surface area contributed by atoms with Crippen molar-refractivity contribution in [2.75, 3.05) is 19.6 Å². The Labute approximate surface area is 169 Å². The van der Waals surface area contributed by atoms with Crippen LogP contribution in [0.1, 0.15) is 38.5 Å². The van der Waals surface area contributed by atoms with Gasteiger partial charge in [0.15, 0.2) is 0 Å². The number of nitrogens with zero attached hydrogens (tertiary/aromatic N) is 1.